The van der Waals surface area contributed by atoms with Crippen LogP contribution in [0.3, 0.4) is 0 Å². The summed E-state index contributed by atoms with van der Waals surface area (Å²) in [6.07, 6.45) is 2.08. The Morgan fingerprint density at radius 1 is 1.21 bits per heavy atom. The number of nitrogens with zero attached hydrogens (tertiary/aromatic N) is 1. The molecule has 0 aromatic heterocycles. The number of rotatable bonds is 7. The first-order valence-electron chi connectivity index (χ1n) is 7.70. The first-order chi connectivity index (χ1) is 11.6. The number of hydrogen-bond acceptors (Lipinski definition) is 4. The largest absolute Gasteiger partial charge is 0.466 e. The van der Waals surface area contributed by atoms with Crippen LogP contribution in [0, 0.1) is 0 Å². The van der Waals surface area contributed by atoms with Gasteiger partial charge in [-0.05, 0) is 42.2 Å². The molecule has 0 bridgehead atoms. The molecular weight excluding hydrogens is 326 g/mol. The number of aliphatic imine (C=N–C) groups is 1. The van der Waals surface area contributed by atoms with Crippen molar-refractivity contribution >= 4 is 23.7 Å². The first-order valence-corrected chi connectivity index (χ1v) is 8.07. The molecule has 5 heteroatoms. The normalized spacial score (nSPS) is 11.4. The Kier molecular flexibility index (Phi) is 6.74. The second-order valence-electron chi connectivity index (χ2n) is 5.29. The van der Waals surface area contributed by atoms with Gasteiger partial charge in [-0.1, -0.05) is 48.0 Å². The van der Waals surface area contributed by atoms with Crippen molar-refractivity contribution < 1.29 is 14.3 Å². The van der Waals surface area contributed by atoms with Crippen LogP contribution in [0.4, 0.5) is 0 Å². The third-order valence-corrected chi connectivity index (χ3v) is 3.76. The van der Waals surface area contributed by atoms with E-state index in [1.807, 2.05) is 48.5 Å². The van der Waals surface area contributed by atoms with Crippen molar-refractivity contribution in [3.63, 3.8) is 0 Å². The molecule has 0 heterocycles. The summed E-state index contributed by atoms with van der Waals surface area (Å²) in [5.41, 5.74) is 3.05. The van der Waals surface area contributed by atoms with Crippen molar-refractivity contribution in [1.82, 2.24) is 0 Å². The van der Waals surface area contributed by atoms with Crippen molar-refractivity contribution in [2.75, 3.05) is 6.61 Å². The fraction of sp³-hybridized carbons (Fsp3) is 0.263. The van der Waals surface area contributed by atoms with Gasteiger partial charge in [0.05, 0.1) is 19.1 Å². The van der Waals surface area contributed by atoms with E-state index in [0.717, 1.165) is 16.7 Å². The lowest BCUT2D eigenvalue weighted by molar-refractivity contribution is -0.143. The lowest BCUT2D eigenvalue weighted by Crippen LogP contribution is -2.16. The zero-order valence-corrected chi connectivity index (χ0v) is 14.1. The Labute approximate surface area is 146 Å². The lowest BCUT2D eigenvalue weighted by Gasteiger charge is -2.11. The number of ether oxygens (including phenoxy) is 1. The van der Waals surface area contributed by atoms with Crippen molar-refractivity contribution in [2.24, 2.45) is 4.99 Å². The molecule has 124 valence electrons. The number of benzene rings is 2. The maximum atomic E-state index is 11.6. The van der Waals surface area contributed by atoms with Gasteiger partial charge in [-0.15, -0.1) is 0 Å². The molecule has 0 unspecified atom stereocenters. The second kappa shape index (κ2) is 9.02. The summed E-state index contributed by atoms with van der Waals surface area (Å²) >= 11 is 6.01. The monoisotopic (exact) mass is 343 g/mol. The highest BCUT2D eigenvalue weighted by molar-refractivity contribution is 6.30. The standard InChI is InChI=1S/C19H18ClNO3/c1-2-24-19(23)12-18(21-13-22)10-14-6-8-15(9-7-14)16-4-3-5-17(20)11-16/h3-9,11,18H,2,10,12H2,1H3/t18-/m1/s1. The smallest absolute Gasteiger partial charge is 0.307 e. The van der Waals surface area contributed by atoms with Crippen LogP contribution in [0.25, 0.3) is 11.1 Å². The van der Waals surface area contributed by atoms with Gasteiger partial charge >= 0.3 is 5.97 Å². The molecule has 0 radical (unpaired) electrons. The Morgan fingerprint density at radius 3 is 2.58 bits per heavy atom. The van der Waals surface area contributed by atoms with Crippen LogP contribution >= 0.6 is 11.6 Å². The van der Waals surface area contributed by atoms with Crippen LogP contribution in [0.2, 0.25) is 5.02 Å². The molecule has 0 saturated heterocycles. The van der Waals surface area contributed by atoms with Crippen molar-refractivity contribution in [1.29, 1.82) is 0 Å². The summed E-state index contributed by atoms with van der Waals surface area (Å²) in [6.45, 7) is 2.05. The van der Waals surface area contributed by atoms with Crippen molar-refractivity contribution in [3.05, 3.63) is 59.1 Å². The molecule has 0 aliphatic carbocycles. The van der Waals surface area contributed by atoms with E-state index >= 15 is 0 Å². The minimum atomic E-state index is -0.460. The average molecular weight is 344 g/mol. The van der Waals surface area contributed by atoms with Crippen molar-refractivity contribution in [3.8, 4) is 11.1 Å². The quantitative estimate of drug-likeness (QED) is 0.430. The summed E-state index contributed by atoms with van der Waals surface area (Å²) in [5, 5.41) is 0.686. The minimum Gasteiger partial charge on any atom is -0.466 e. The number of isocyanates is 1. The molecular formula is C19H18ClNO3. The van der Waals surface area contributed by atoms with E-state index in [1.165, 1.54) is 6.08 Å². The molecule has 2 aromatic rings. The van der Waals surface area contributed by atoms with Gasteiger partial charge in [-0.25, -0.2) is 9.79 Å². The predicted molar refractivity (Wildman–Crippen MR) is 93.8 cm³/mol. The Bertz CT molecular complexity index is 737. The number of esters is 1. The van der Waals surface area contributed by atoms with Gasteiger partial charge in [0.2, 0.25) is 6.08 Å². The molecule has 0 aliphatic heterocycles. The summed E-state index contributed by atoms with van der Waals surface area (Å²) in [6, 6.07) is 15.0. The van der Waals surface area contributed by atoms with Crippen LogP contribution in [0.15, 0.2) is 53.5 Å². The van der Waals surface area contributed by atoms with E-state index in [0.29, 0.717) is 18.1 Å². The molecule has 2 rings (SSSR count). The summed E-state index contributed by atoms with van der Waals surface area (Å²) in [5.74, 6) is -0.364. The second-order valence-corrected chi connectivity index (χ2v) is 5.73. The zero-order chi connectivity index (χ0) is 17.4. The molecule has 0 aliphatic rings. The molecule has 1 atom stereocenters. The van der Waals surface area contributed by atoms with Gasteiger partial charge in [0, 0.05) is 5.02 Å². The highest BCUT2D eigenvalue weighted by Gasteiger charge is 2.14. The maximum Gasteiger partial charge on any atom is 0.307 e. The number of halogens is 1. The minimum absolute atomic E-state index is 0.0686. The van der Waals surface area contributed by atoms with Gasteiger partial charge in [0.15, 0.2) is 0 Å². The fourth-order valence-corrected chi connectivity index (χ4v) is 2.61. The molecule has 0 saturated carbocycles. The highest BCUT2D eigenvalue weighted by atomic mass is 35.5. The maximum absolute atomic E-state index is 11.6. The topological polar surface area (TPSA) is 55.7 Å². The van der Waals surface area contributed by atoms with Gasteiger partial charge in [0.25, 0.3) is 0 Å². The lowest BCUT2D eigenvalue weighted by atomic mass is 10.00. The van der Waals surface area contributed by atoms with Gasteiger partial charge in [-0.3, -0.25) is 4.79 Å². The van der Waals surface area contributed by atoms with E-state index < -0.39 is 6.04 Å². The van der Waals surface area contributed by atoms with E-state index in [4.69, 9.17) is 16.3 Å². The Hall–Kier alpha value is -2.42. The SMILES string of the molecule is CCOC(=O)C[C@@H](Cc1ccc(-c2cccc(Cl)c2)cc1)N=C=O. The van der Waals surface area contributed by atoms with Crippen LogP contribution in [-0.2, 0) is 20.7 Å². The third-order valence-electron chi connectivity index (χ3n) is 3.53. The van der Waals surface area contributed by atoms with Crippen LogP contribution in [-0.4, -0.2) is 24.7 Å². The molecule has 0 N–H and O–H groups in total. The molecule has 0 fully saturated rings. The summed E-state index contributed by atoms with van der Waals surface area (Å²) < 4.78 is 4.90. The zero-order valence-electron chi connectivity index (χ0n) is 13.4. The third kappa shape index (κ3) is 5.34. The van der Waals surface area contributed by atoms with Crippen LogP contribution < -0.4 is 0 Å². The molecule has 0 amide bonds. The number of carbonyl (C=O) groups is 1. The molecule has 2 aromatic carbocycles. The summed E-state index contributed by atoms with van der Waals surface area (Å²) in [7, 11) is 0. The average Bonchev–Trinajstić information content (AvgIpc) is 2.56. The van der Waals surface area contributed by atoms with Gasteiger partial charge < -0.3 is 4.74 Å². The van der Waals surface area contributed by atoms with Gasteiger partial charge in [0.1, 0.15) is 0 Å². The van der Waals surface area contributed by atoms with E-state index in [2.05, 4.69) is 4.99 Å². The first kappa shape index (κ1) is 17.9. The molecule has 4 nitrogen and oxygen atoms in total. The number of carbonyl (C=O) groups excluding carboxylic acids is 2. The predicted octanol–water partition coefficient (Wildman–Crippen LogP) is 4.21. The molecule has 24 heavy (non-hydrogen) atoms. The van der Waals surface area contributed by atoms with Gasteiger partial charge in [-0.2, -0.15) is 0 Å². The highest BCUT2D eigenvalue weighted by Crippen LogP contribution is 2.23. The van der Waals surface area contributed by atoms with E-state index in [1.54, 1.807) is 6.92 Å². The van der Waals surface area contributed by atoms with Crippen LogP contribution in [0.5, 0.6) is 0 Å². The Morgan fingerprint density at radius 2 is 1.96 bits per heavy atom. The van der Waals surface area contributed by atoms with E-state index in [9.17, 15) is 9.59 Å². The number of hydrogen-bond donors (Lipinski definition) is 0. The fourth-order valence-electron chi connectivity index (χ4n) is 2.42. The van der Waals surface area contributed by atoms with E-state index in [-0.39, 0.29) is 12.4 Å². The van der Waals surface area contributed by atoms with Crippen molar-refractivity contribution in [2.45, 2.75) is 25.8 Å². The summed E-state index contributed by atoms with van der Waals surface area (Å²) in [4.78, 5) is 25.8. The Balaban J connectivity index is 2.08. The van der Waals surface area contributed by atoms with Crippen LogP contribution in [0.1, 0.15) is 18.9 Å². The molecule has 0 spiro atoms.